The Kier molecular flexibility index (Phi) is 6.58. The van der Waals surface area contributed by atoms with Crippen molar-refractivity contribution in [2.75, 3.05) is 32.3 Å². The minimum absolute atomic E-state index is 0.00329. The first-order valence-corrected chi connectivity index (χ1v) is 10.6. The monoisotopic (exact) mass is 434 g/mol. The summed E-state index contributed by atoms with van der Waals surface area (Å²) in [6, 6.07) is 11.0. The first kappa shape index (κ1) is 21.6. The molecular formula is C20H22N2O7S. The summed E-state index contributed by atoms with van der Waals surface area (Å²) in [7, 11) is -1.01. The number of para-hydroxylation sites is 2. The van der Waals surface area contributed by atoms with Gasteiger partial charge in [0.05, 0.1) is 24.8 Å². The van der Waals surface area contributed by atoms with Crippen molar-refractivity contribution < 1.29 is 32.2 Å². The molecule has 160 valence electrons. The first-order chi connectivity index (χ1) is 14.4. The van der Waals surface area contributed by atoms with Crippen LogP contribution in [0.5, 0.6) is 17.2 Å². The van der Waals surface area contributed by atoms with Gasteiger partial charge in [0.2, 0.25) is 21.8 Å². The third kappa shape index (κ3) is 4.55. The van der Waals surface area contributed by atoms with E-state index in [9.17, 15) is 18.0 Å². The molecule has 0 aromatic heterocycles. The molecule has 1 saturated heterocycles. The maximum atomic E-state index is 12.7. The number of ether oxygens (including phenoxy) is 3. The number of benzene rings is 2. The molecule has 30 heavy (non-hydrogen) atoms. The van der Waals surface area contributed by atoms with Crippen LogP contribution in [-0.2, 0) is 19.6 Å². The number of sulfonamides is 1. The molecule has 0 atom stereocenters. The molecule has 1 aliphatic rings. The highest BCUT2D eigenvalue weighted by molar-refractivity contribution is 7.89. The number of amides is 2. The molecule has 2 aromatic rings. The standard InChI is InChI=1S/C20H22N2O7S/c1-27-16-8-7-14(13-15(16)22-19(23)9-10-20(22)24)30(25,26)21-11-12-29-18-6-4-3-5-17(18)28-2/h3-8,13,21H,9-12H2,1-2H3. The van der Waals surface area contributed by atoms with Gasteiger partial charge in [-0.25, -0.2) is 18.0 Å². The smallest absolute Gasteiger partial charge is 0.240 e. The number of anilines is 1. The summed E-state index contributed by atoms with van der Waals surface area (Å²) in [6.45, 7) is 0.0784. The van der Waals surface area contributed by atoms with Crippen molar-refractivity contribution in [2.45, 2.75) is 17.7 Å². The number of imide groups is 1. The molecule has 1 fully saturated rings. The number of nitrogens with one attached hydrogen (secondary N) is 1. The van der Waals surface area contributed by atoms with Gasteiger partial charge in [-0.3, -0.25) is 9.59 Å². The number of nitrogens with zero attached hydrogens (tertiary/aromatic N) is 1. The van der Waals surface area contributed by atoms with Crippen molar-refractivity contribution in [3.05, 3.63) is 42.5 Å². The van der Waals surface area contributed by atoms with Gasteiger partial charge >= 0.3 is 0 Å². The number of carbonyl (C=O) groups is 2. The van der Waals surface area contributed by atoms with Crippen LogP contribution in [-0.4, -0.2) is 47.6 Å². The van der Waals surface area contributed by atoms with Crippen LogP contribution in [0.2, 0.25) is 0 Å². The summed E-state index contributed by atoms with van der Waals surface area (Å²) >= 11 is 0. The van der Waals surface area contributed by atoms with Crippen LogP contribution >= 0.6 is 0 Å². The minimum Gasteiger partial charge on any atom is -0.495 e. The van der Waals surface area contributed by atoms with Crippen LogP contribution in [0.15, 0.2) is 47.4 Å². The Balaban J connectivity index is 1.72. The van der Waals surface area contributed by atoms with Gasteiger partial charge in [-0.2, -0.15) is 0 Å². The summed E-state index contributed by atoms with van der Waals surface area (Å²) in [5.74, 6) is 0.478. The van der Waals surface area contributed by atoms with Crippen LogP contribution in [0.25, 0.3) is 0 Å². The topological polar surface area (TPSA) is 111 Å². The van der Waals surface area contributed by atoms with Gasteiger partial charge in [0.15, 0.2) is 11.5 Å². The van der Waals surface area contributed by atoms with E-state index in [0.29, 0.717) is 11.5 Å². The highest BCUT2D eigenvalue weighted by atomic mass is 32.2. The van der Waals surface area contributed by atoms with Gasteiger partial charge in [0.1, 0.15) is 12.4 Å². The van der Waals surface area contributed by atoms with Crippen LogP contribution in [0.4, 0.5) is 5.69 Å². The van der Waals surface area contributed by atoms with Crippen LogP contribution < -0.4 is 23.8 Å². The predicted molar refractivity (Wildman–Crippen MR) is 108 cm³/mol. The fourth-order valence-electron chi connectivity index (χ4n) is 3.02. The van der Waals surface area contributed by atoms with Crippen molar-refractivity contribution >= 4 is 27.5 Å². The van der Waals surface area contributed by atoms with Gasteiger partial charge in [0.25, 0.3) is 0 Å². The number of methoxy groups -OCH3 is 2. The fourth-order valence-corrected chi connectivity index (χ4v) is 4.05. The molecule has 0 unspecified atom stereocenters. The van der Waals surface area contributed by atoms with Crippen molar-refractivity contribution in [1.29, 1.82) is 0 Å². The molecule has 0 spiro atoms. The maximum absolute atomic E-state index is 12.7. The molecule has 2 aromatic carbocycles. The van der Waals surface area contributed by atoms with E-state index >= 15 is 0 Å². The summed E-state index contributed by atoms with van der Waals surface area (Å²) in [4.78, 5) is 25.0. The minimum atomic E-state index is -3.91. The molecule has 1 N–H and O–H groups in total. The summed E-state index contributed by atoms with van der Waals surface area (Å²) in [5, 5.41) is 0. The quantitative estimate of drug-likeness (QED) is 0.472. The van der Waals surface area contributed by atoms with Gasteiger partial charge in [-0.1, -0.05) is 12.1 Å². The van der Waals surface area contributed by atoms with Crippen LogP contribution in [0, 0.1) is 0 Å². The second-order valence-electron chi connectivity index (χ2n) is 6.35. The highest BCUT2D eigenvalue weighted by Gasteiger charge is 2.33. The SMILES string of the molecule is COc1ccccc1OCCNS(=O)(=O)c1ccc(OC)c(N2C(=O)CCC2=O)c1. The van der Waals surface area contributed by atoms with Gasteiger partial charge in [-0.15, -0.1) is 0 Å². The molecule has 0 saturated carbocycles. The Hall–Kier alpha value is -3.11. The summed E-state index contributed by atoms with van der Waals surface area (Å²) in [5.41, 5.74) is 0.109. The van der Waals surface area contributed by atoms with Crippen molar-refractivity contribution in [1.82, 2.24) is 4.72 Å². The van der Waals surface area contributed by atoms with Crippen molar-refractivity contribution in [3.63, 3.8) is 0 Å². The lowest BCUT2D eigenvalue weighted by atomic mass is 10.2. The lowest BCUT2D eigenvalue weighted by molar-refractivity contribution is -0.121. The largest absolute Gasteiger partial charge is 0.495 e. The van der Waals surface area contributed by atoms with Crippen molar-refractivity contribution in [3.8, 4) is 17.2 Å². The highest BCUT2D eigenvalue weighted by Crippen LogP contribution is 2.34. The van der Waals surface area contributed by atoms with Gasteiger partial charge in [0, 0.05) is 19.4 Å². The lowest BCUT2D eigenvalue weighted by Gasteiger charge is -2.18. The molecule has 1 aliphatic heterocycles. The predicted octanol–water partition coefficient (Wildman–Crippen LogP) is 1.71. The van der Waals surface area contributed by atoms with E-state index in [1.165, 1.54) is 32.4 Å². The number of hydrogen-bond donors (Lipinski definition) is 1. The first-order valence-electron chi connectivity index (χ1n) is 9.16. The van der Waals surface area contributed by atoms with Crippen LogP contribution in [0.3, 0.4) is 0 Å². The normalized spacial score (nSPS) is 14.1. The van der Waals surface area contributed by atoms with E-state index in [1.54, 1.807) is 24.3 Å². The van der Waals surface area contributed by atoms with E-state index in [0.717, 1.165) is 4.90 Å². The third-order valence-electron chi connectivity index (χ3n) is 4.47. The molecule has 2 amide bonds. The van der Waals surface area contributed by atoms with Crippen LogP contribution in [0.1, 0.15) is 12.8 Å². The van der Waals surface area contributed by atoms with Gasteiger partial charge < -0.3 is 14.2 Å². The average molecular weight is 434 g/mol. The van der Waals surface area contributed by atoms with Crippen molar-refractivity contribution in [2.24, 2.45) is 0 Å². The molecule has 1 heterocycles. The van der Waals surface area contributed by atoms with E-state index < -0.39 is 21.8 Å². The molecular weight excluding hydrogens is 412 g/mol. The molecule has 0 radical (unpaired) electrons. The molecule has 10 heteroatoms. The molecule has 3 rings (SSSR count). The average Bonchev–Trinajstić information content (AvgIpc) is 3.08. The van der Waals surface area contributed by atoms with E-state index in [4.69, 9.17) is 14.2 Å². The van der Waals surface area contributed by atoms with E-state index in [-0.39, 0.29) is 42.3 Å². The second kappa shape index (κ2) is 9.14. The lowest BCUT2D eigenvalue weighted by Crippen LogP contribution is -2.30. The number of carbonyl (C=O) groups excluding carboxylic acids is 2. The number of hydrogen-bond acceptors (Lipinski definition) is 7. The van der Waals surface area contributed by atoms with E-state index in [2.05, 4.69) is 4.72 Å². The summed E-state index contributed by atoms with van der Waals surface area (Å²) < 4.78 is 43.7. The zero-order valence-corrected chi connectivity index (χ0v) is 17.4. The molecule has 0 aliphatic carbocycles. The zero-order chi connectivity index (χ0) is 21.7. The number of rotatable bonds is 9. The molecule has 9 nitrogen and oxygen atoms in total. The Morgan fingerprint density at radius 3 is 2.20 bits per heavy atom. The Labute approximate surface area is 174 Å². The summed E-state index contributed by atoms with van der Waals surface area (Å²) in [6.07, 6.45) is 0.162. The maximum Gasteiger partial charge on any atom is 0.240 e. The Morgan fingerprint density at radius 1 is 0.933 bits per heavy atom. The van der Waals surface area contributed by atoms with E-state index in [1.807, 2.05) is 0 Å². The molecule has 0 bridgehead atoms. The Bertz CT molecular complexity index is 1040. The Morgan fingerprint density at radius 2 is 1.57 bits per heavy atom. The second-order valence-corrected chi connectivity index (χ2v) is 8.12. The zero-order valence-electron chi connectivity index (χ0n) is 16.6. The van der Waals surface area contributed by atoms with Gasteiger partial charge in [-0.05, 0) is 30.3 Å². The third-order valence-corrected chi connectivity index (χ3v) is 5.93. The fraction of sp³-hybridized carbons (Fsp3) is 0.300.